The van der Waals surface area contributed by atoms with E-state index >= 15 is 0 Å². The van der Waals surface area contributed by atoms with Crippen molar-refractivity contribution in [1.29, 1.82) is 0 Å². The number of furan rings is 1. The van der Waals surface area contributed by atoms with Gasteiger partial charge in [-0.05, 0) is 105 Å². The van der Waals surface area contributed by atoms with Crippen LogP contribution in [0.15, 0.2) is 186 Å². The van der Waals surface area contributed by atoms with Gasteiger partial charge in [-0.2, -0.15) is 0 Å². The molecular formula is C54H38N4O. The molecule has 0 saturated carbocycles. The fourth-order valence-corrected chi connectivity index (χ4v) is 9.44. The minimum Gasteiger partial charge on any atom is -0.456 e. The molecule has 3 aromatic heterocycles. The second-order valence-electron chi connectivity index (χ2n) is 16.3. The average molecular weight is 759 g/mol. The van der Waals surface area contributed by atoms with E-state index in [4.69, 9.17) is 14.5 Å². The van der Waals surface area contributed by atoms with Crippen molar-refractivity contribution in [3.8, 4) is 50.7 Å². The van der Waals surface area contributed by atoms with E-state index < -0.39 is 0 Å². The maximum Gasteiger partial charge on any atom is 0.334 e. The lowest BCUT2D eigenvalue weighted by Crippen LogP contribution is -2.40. The third-order valence-electron chi connectivity index (χ3n) is 12.4. The Hall–Kier alpha value is -7.50. The van der Waals surface area contributed by atoms with Crippen molar-refractivity contribution in [2.75, 3.05) is 0 Å². The Labute approximate surface area is 341 Å². The van der Waals surface area contributed by atoms with Crippen molar-refractivity contribution in [3.05, 3.63) is 199 Å². The molecule has 1 aliphatic rings. The maximum absolute atomic E-state index is 6.36. The second kappa shape index (κ2) is 12.8. The largest absolute Gasteiger partial charge is 0.456 e. The van der Waals surface area contributed by atoms with Crippen LogP contribution in [0.4, 0.5) is 0 Å². The van der Waals surface area contributed by atoms with Crippen molar-refractivity contribution in [3.63, 3.8) is 0 Å². The zero-order chi connectivity index (χ0) is 39.2. The molecule has 0 amide bonds. The predicted molar refractivity (Wildman–Crippen MR) is 239 cm³/mol. The monoisotopic (exact) mass is 758 g/mol. The van der Waals surface area contributed by atoms with E-state index in [9.17, 15) is 0 Å². The molecule has 8 aromatic carbocycles. The molecule has 0 radical (unpaired) electrons. The van der Waals surface area contributed by atoms with Crippen LogP contribution in [0.25, 0.3) is 94.5 Å². The summed E-state index contributed by atoms with van der Waals surface area (Å²) in [6, 6.07) is 65.0. The van der Waals surface area contributed by atoms with E-state index in [-0.39, 0.29) is 5.41 Å². The Morgan fingerprint density at radius 1 is 0.525 bits per heavy atom. The average Bonchev–Trinajstić information content (AvgIpc) is 4.02. The van der Waals surface area contributed by atoms with Gasteiger partial charge in [0.15, 0.2) is 0 Å². The summed E-state index contributed by atoms with van der Waals surface area (Å²) in [6.45, 7) is 5.34. The second-order valence-corrected chi connectivity index (χ2v) is 16.3. The molecule has 5 nitrogen and oxygen atoms in total. The molecule has 280 valence electrons. The lowest BCUT2D eigenvalue weighted by atomic mass is 9.82. The van der Waals surface area contributed by atoms with E-state index in [0.717, 1.165) is 56.1 Å². The molecule has 0 bridgehead atoms. The predicted octanol–water partition coefficient (Wildman–Crippen LogP) is 12.7. The molecule has 0 saturated heterocycles. The first-order valence-electron chi connectivity index (χ1n) is 20.3. The van der Waals surface area contributed by atoms with Crippen LogP contribution >= 0.6 is 0 Å². The Balaban J connectivity index is 0.915. The Morgan fingerprint density at radius 3 is 1.90 bits per heavy atom. The molecule has 3 heterocycles. The third kappa shape index (κ3) is 5.24. The van der Waals surface area contributed by atoms with E-state index in [1.54, 1.807) is 0 Å². The highest BCUT2D eigenvalue weighted by Gasteiger charge is 2.37. The number of hydrogen-bond donors (Lipinski definition) is 0. The van der Waals surface area contributed by atoms with Gasteiger partial charge in [0.2, 0.25) is 5.82 Å². The number of fused-ring (bicyclic) bond motifs is 9. The Morgan fingerprint density at radius 2 is 1.14 bits per heavy atom. The zero-order valence-corrected chi connectivity index (χ0v) is 32.7. The highest BCUT2D eigenvalue weighted by atomic mass is 16.3. The third-order valence-corrected chi connectivity index (χ3v) is 12.4. The zero-order valence-electron chi connectivity index (χ0n) is 32.7. The molecule has 5 heteroatoms. The van der Waals surface area contributed by atoms with Gasteiger partial charge in [0.25, 0.3) is 0 Å². The number of nitrogens with zero attached hydrogens (tertiary/aromatic N) is 4. The van der Waals surface area contributed by atoms with E-state index in [2.05, 4.69) is 170 Å². The van der Waals surface area contributed by atoms with Gasteiger partial charge in [0, 0.05) is 38.2 Å². The molecule has 1 aliphatic carbocycles. The van der Waals surface area contributed by atoms with Crippen molar-refractivity contribution in [2.24, 2.45) is 0 Å². The van der Waals surface area contributed by atoms with Gasteiger partial charge in [-0.1, -0.05) is 135 Å². The first-order chi connectivity index (χ1) is 29.0. The fourth-order valence-electron chi connectivity index (χ4n) is 9.44. The summed E-state index contributed by atoms with van der Waals surface area (Å²) >= 11 is 0. The number of benzene rings is 8. The van der Waals surface area contributed by atoms with Crippen LogP contribution < -0.4 is 9.78 Å². The molecule has 59 heavy (non-hydrogen) atoms. The van der Waals surface area contributed by atoms with Gasteiger partial charge in [0.05, 0.1) is 16.6 Å². The molecule has 0 aliphatic heterocycles. The topological polar surface area (TPSA) is 48.9 Å². The molecule has 11 aromatic rings. The quantitative estimate of drug-likeness (QED) is 0.159. The SMILES string of the molecule is CC1(C)c2cc3oc4ccccc4c3cc2-c2cc3c4ccccc4n(-c4ccc(-c5ccc(-c6nc(-c7ccccc7)[n-][n+]6Cc6ccccc6)cc5)cc4)c3cc21. The van der Waals surface area contributed by atoms with E-state index in [1.165, 1.54) is 55.0 Å². The minimum atomic E-state index is -0.193. The number of rotatable bonds is 6. The number of hydrogen-bond acceptors (Lipinski definition) is 2. The lowest BCUT2D eigenvalue weighted by Gasteiger charge is -2.21. The lowest BCUT2D eigenvalue weighted by molar-refractivity contribution is -0.737. The van der Waals surface area contributed by atoms with Gasteiger partial charge in [0.1, 0.15) is 17.7 Å². The summed E-state index contributed by atoms with van der Waals surface area (Å²) in [5.41, 5.74) is 16.0. The van der Waals surface area contributed by atoms with Gasteiger partial charge in [-0.15, -0.1) is 0 Å². The first kappa shape index (κ1) is 33.6. The van der Waals surface area contributed by atoms with Crippen LogP contribution in [0.3, 0.4) is 0 Å². The van der Waals surface area contributed by atoms with Gasteiger partial charge in [-0.3, -0.25) is 0 Å². The van der Waals surface area contributed by atoms with Crippen LogP contribution in [-0.4, -0.2) is 9.55 Å². The molecule has 0 fully saturated rings. The van der Waals surface area contributed by atoms with Gasteiger partial charge in [-0.25, -0.2) is 9.78 Å². The van der Waals surface area contributed by atoms with Gasteiger partial charge >= 0.3 is 5.82 Å². The normalized spacial score (nSPS) is 13.1. The fraction of sp³-hybridized carbons (Fsp3) is 0.0741. The molecular weight excluding hydrogens is 721 g/mol. The van der Waals surface area contributed by atoms with Crippen LogP contribution in [0.5, 0.6) is 0 Å². The molecule has 0 atom stereocenters. The minimum absolute atomic E-state index is 0.193. The maximum atomic E-state index is 6.36. The van der Waals surface area contributed by atoms with Crippen molar-refractivity contribution >= 4 is 43.7 Å². The van der Waals surface area contributed by atoms with E-state index in [0.29, 0.717) is 6.54 Å². The number of aromatic nitrogens is 4. The van der Waals surface area contributed by atoms with Crippen LogP contribution in [-0.2, 0) is 12.0 Å². The summed E-state index contributed by atoms with van der Waals surface area (Å²) < 4.78 is 10.8. The molecule has 0 N–H and O–H groups in total. The Kier molecular flexibility index (Phi) is 7.27. The summed E-state index contributed by atoms with van der Waals surface area (Å²) in [7, 11) is 0. The van der Waals surface area contributed by atoms with Crippen molar-refractivity contribution < 1.29 is 9.10 Å². The van der Waals surface area contributed by atoms with Gasteiger partial charge < -0.3 is 8.98 Å². The summed E-state index contributed by atoms with van der Waals surface area (Å²) in [5, 5.41) is 9.81. The summed E-state index contributed by atoms with van der Waals surface area (Å²) in [4.78, 5) is 5.05. The standard InChI is InChI=1S/C54H38N4O/c1-54(2)46-31-49-44(29-42(46)43-30-45-41-18-10-12-20-50(41)59-51(45)32-47(43)54)40-17-9-11-19-48(40)58(49)39-27-25-36(26-28-39)35-21-23-38(24-22-35)53-55-52(37-15-7-4-8-16-37)56-57(53)33-34-13-5-3-6-14-34/h3-32H,33H2,1-2H3. The molecule has 12 rings (SSSR count). The van der Waals surface area contributed by atoms with Crippen LogP contribution in [0, 0.1) is 0 Å². The molecule has 0 unspecified atom stereocenters. The summed E-state index contributed by atoms with van der Waals surface area (Å²) in [5.74, 6) is 1.57. The highest BCUT2D eigenvalue weighted by Crippen LogP contribution is 2.53. The van der Waals surface area contributed by atoms with Crippen molar-refractivity contribution in [2.45, 2.75) is 25.8 Å². The first-order valence-corrected chi connectivity index (χ1v) is 20.3. The number of para-hydroxylation sites is 2. The Bertz CT molecular complexity index is 3410. The highest BCUT2D eigenvalue weighted by molar-refractivity contribution is 6.13. The summed E-state index contributed by atoms with van der Waals surface area (Å²) in [6.07, 6.45) is 0. The van der Waals surface area contributed by atoms with Crippen LogP contribution in [0.1, 0.15) is 30.5 Å². The van der Waals surface area contributed by atoms with Crippen LogP contribution in [0.2, 0.25) is 0 Å². The molecule has 0 spiro atoms. The smallest absolute Gasteiger partial charge is 0.334 e. The van der Waals surface area contributed by atoms with E-state index in [1.807, 2.05) is 35.0 Å². The van der Waals surface area contributed by atoms with Crippen molar-refractivity contribution in [1.82, 2.24) is 14.6 Å².